The third kappa shape index (κ3) is 7.43. The zero-order chi connectivity index (χ0) is 29.7. The lowest BCUT2D eigenvalue weighted by molar-refractivity contribution is -0.156. The number of hydrogen-bond donors (Lipinski definition) is 2. The van der Waals surface area contributed by atoms with Crippen LogP contribution in [0.25, 0.3) is 11.1 Å². The van der Waals surface area contributed by atoms with E-state index in [1.165, 1.54) is 0 Å². The molecule has 2 aromatic rings. The fourth-order valence-electron chi connectivity index (χ4n) is 4.49. The molecule has 0 saturated heterocycles. The third-order valence-electron chi connectivity index (χ3n) is 6.36. The van der Waals surface area contributed by atoms with E-state index >= 15 is 0 Å². The van der Waals surface area contributed by atoms with Crippen molar-refractivity contribution in [1.29, 1.82) is 0 Å². The lowest BCUT2D eigenvalue weighted by Crippen LogP contribution is -2.53. The Labute approximate surface area is 238 Å². The lowest BCUT2D eigenvalue weighted by atomic mass is 9.98. The number of hydrogen-bond acceptors (Lipinski definition) is 8. The molecule has 3 rings (SSSR count). The fraction of sp³-hybridized carbons (Fsp3) is 0.500. The van der Waals surface area contributed by atoms with Crippen molar-refractivity contribution in [3.63, 3.8) is 0 Å². The van der Waals surface area contributed by atoms with Gasteiger partial charge in [0.1, 0.15) is 16.9 Å². The van der Waals surface area contributed by atoms with Crippen molar-refractivity contribution in [2.24, 2.45) is 0 Å². The van der Waals surface area contributed by atoms with E-state index in [4.69, 9.17) is 14.2 Å². The summed E-state index contributed by atoms with van der Waals surface area (Å²) in [4.78, 5) is 28.0. The highest BCUT2D eigenvalue weighted by atomic mass is 16.6. The van der Waals surface area contributed by atoms with Gasteiger partial charge in [0.15, 0.2) is 0 Å². The normalized spacial score (nSPS) is 17.6. The molecular formula is C32H44N2O6. The van der Waals surface area contributed by atoms with Crippen LogP contribution in [0.3, 0.4) is 0 Å². The van der Waals surface area contributed by atoms with Crippen molar-refractivity contribution >= 4 is 11.9 Å². The zero-order valence-electron chi connectivity index (χ0n) is 25.1. The molecule has 2 N–H and O–H groups in total. The molecule has 0 aliphatic carbocycles. The van der Waals surface area contributed by atoms with Crippen LogP contribution in [0.15, 0.2) is 59.9 Å². The smallest absolute Gasteiger partial charge is 0.356 e. The Hall–Kier alpha value is -3.36. The fourth-order valence-corrected chi connectivity index (χ4v) is 4.49. The van der Waals surface area contributed by atoms with E-state index in [0.29, 0.717) is 30.8 Å². The summed E-state index contributed by atoms with van der Waals surface area (Å²) < 4.78 is 17.4. The minimum atomic E-state index is -1.33. The number of aliphatic hydroxyl groups is 1. The number of nitrogens with zero attached hydrogens (tertiary/aromatic N) is 1. The predicted octanol–water partition coefficient (Wildman–Crippen LogP) is 5.75. The summed E-state index contributed by atoms with van der Waals surface area (Å²) in [6.45, 7) is 15.6. The van der Waals surface area contributed by atoms with Gasteiger partial charge in [-0.2, -0.15) is 0 Å². The van der Waals surface area contributed by atoms with E-state index in [9.17, 15) is 14.7 Å². The van der Waals surface area contributed by atoms with Crippen molar-refractivity contribution in [2.75, 3.05) is 13.2 Å². The molecule has 218 valence electrons. The number of rotatable bonds is 11. The van der Waals surface area contributed by atoms with Gasteiger partial charge in [-0.3, -0.25) is 0 Å². The molecular weight excluding hydrogens is 508 g/mol. The van der Waals surface area contributed by atoms with E-state index in [0.717, 1.165) is 23.1 Å². The molecule has 1 aliphatic rings. The van der Waals surface area contributed by atoms with Gasteiger partial charge >= 0.3 is 11.9 Å². The molecule has 40 heavy (non-hydrogen) atoms. The largest absolute Gasteiger partial charge is 0.461 e. The first-order chi connectivity index (χ1) is 18.7. The van der Waals surface area contributed by atoms with Gasteiger partial charge in [0.2, 0.25) is 5.85 Å². The van der Waals surface area contributed by atoms with E-state index in [2.05, 4.69) is 5.32 Å². The zero-order valence-corrected chi connectivity index (χ0v) is 25.1. The maximum atomic E-state index is 13.3. The number of nitrogens with one attached hydrogen (secondary N) is 1. The molecule has 0 bridgehead atoms. The Kier molecular flexibility index (Phi) is 9.69. The van der Waals surface area contributed by atoms with Crippen LogP contribution in [0.1, 0.15) is 84.2 Å². The molecule has 1 atom stereocenters. The summed E-state index contributed by atoms with van der Waals surface area (Å²) in [5, 5.41) is 14.2. The lowest BCUT2D eigenvalue weighted by Gasteiger charge is -2.38. The Morgan fingerprint density at radius 1 is 0.925 bits per heavy atom. The molecule has 1 heterocycles. The molecule has 8 nitrogen and oxygen atoms in total. The topological polar surface area (TPSA) is 97.3 Å². The molecule has 2 aromatic carbocycles. The van der Waals surface area contributed by atoms with Crippen LogP contribution in [0, 0.1) is 0 Å². The Morgan fingerprint density at radius 3 is 2.12 bits per heavy atom. The molecule has 0 spiro atoms. The van der Waals surface area contributed by atoms with Crippen molar-refractivity contribution in [3.8, 4) is 11.1 Å². The number of carbonyl (C=O) groups is 2. The second-order valence-electron chi connectivity index (χ2n) is 11.7. The van der Waals surface area contributed by atoms with Gasteiger partial charge in [0.25, 0.3) is 0 Å². The van der Waals surface area contributed by atoms with E-state index in [1.807, 2.05) is 88.9 Å². The molecule has 0 fully saturated rings. The van der Waals surface area contributed by atoms with E-state index in [-0.39, 0.29) is 18.3 Å². The van der Waals surface area contributed by atoms with E-state index < -0.39 is 23.0 Å². The predicted molar refractivity (Wildman–Crippen MR) is 155 cm³/mol. The minimum absolute atomic E-state index is 0.249. The molecule has 1 unspecified atom stereocenters. The van der Waals surface area contributed by atoms with Crippen molar-refractivity contribution in [2.45, 2.75) is 91.8 Å². The summed E-state index contributed by atoms with van der Waals surface area (Å²) in [6.07, 6.45) is 1.46. The first-order valence-corrected chi connectivity index (χ1v) is 14.0. The van der Waals surface area contributed by atoms with Gasteiger partial charge in [0, 0.05) is 13.5 Å². The number of carbonyl (C=O) groups excluding carboxylic acids is 2. The SMILES string of the molecule is CCCOC(=O)C1=C(C(C)(C)O)NC(C)(OCCC)N1Cc1ccc(-c2ccccc2C(=O)OC(C)(C)C)cc1. The quantitative estimate of drug-likeness (QED) is 0.340. The average Bonchev–Trinajstić information content (AvgIpc) is 3.18. The van der Waals surface area contributed by atoms with Gasteiger partial charge in [-0.05, 0) is 70.2 Å². The maximum Gasteiger partial charge on any atom is 0.356 e. The third-order valence-corrected chi connectivity index (χ3v) is 6.36. The van der Waals surface area contributed by atoms with Crippen LogP contribution in [0.2, 0.25) is 0 Å². The standard InChI is InChI=1S/C32H44N2O6/c1-9-19-38-29(36)26-27(31(6,7)37)33-32(8,39-20-10-2)34(26)21-22-15-17-23(18-16-22)24-13-11-12-14-25(24)28(35)40-30(3,4)5/h11-18,33,37H,9-10,19-21H2,1-8H3. The summed E-state index contributed by atoms with van der Waals surface area (Å²) in [6, 6.07) is 15.2. The molecule has 1 aliphatic heterocycles. The molecule has 0 aromatic heterocycles. The van der Waals surface area contributed by atoms with Gasteiger partial charge in [-0.25, -0.2) is 9.59 Å². The number of benzene rings is 2. The number of ether oxygens (including phenoxy) is 3. The van der Waals surface area contributed by atoms with Crippen LogP contribution in [0.5, 0.6) is 0 Å². The summed E-state index contributed by atoms with van der Waals surface area (Å²) in [5.41, 5.74) is 1.71. The van der Waals surface area contributed by atoms with Crippen LogP contribution < -0.4 is 5.32 Å². The molecule has 0 radical (unpaired) electrons. The average molecular weight is 553 g/mol. The monoisotopic (exact) mass is 552 g/mol. The van der Waals surface area contributed by atoms with Gasteiger partial charge in [0.05, 0.1) is 24.5 Å². The maximum absolute atomic E-state index is 13.3. The summed E-state index contributed by atoms with van der Waals surface area (Å²) in [5.74, 6) is -1.97. The van der Waals surface area contributed by atoms with Crippen molar-refractivity contribution in [1.82, 2.24) is 10.2 Å². The first-order valence-electron chi connectivity index (χ1n) is 14.0. The van der Waals surface area contributed by atoms with Gasteiger partial charge in [-0.1, -0.05) is 56.3 Å². The molecule has 0 saturated carbocycles. The van der Waals surface area contributed by atoms with Gasteiger partial charge in [-0.15, -0.1) is 0 Å². The highest BCUT2D eigenvalue weighted by molar-refractivity contribution is 5.97. The van der Waals surface area contributed by atoms with Crippen LogP contribution in [-0.4, -0.2) is 52.2 Å². The van der Waals surface area contributed by atoms with Crippen molar-refractivity contribution < 1.29 is 28.9 Å². The van der Waals surface area contributed by atoms with E-state index in [1.54, 1.807) is 19.9 Å². The van der Waals surface area contributed by atoms with Crippen molar-refractivity contribution in [3.05, 3.63) is 71.1 Å². The van der Waals surface area contributed by atoms with Crippen LogP contribution >= 0.6 is 0 Å². The Bertz CT molecular complexity index is 1220. The Morgan fingerprint density at radius 2 is 1.55 bits per heavy atom. The summed E-state index contributed by atoms with van der Waals surface area (Å²) >= 11 is 0. The molecule has 8 heteroatoms. The first kappa shape index (κ1) is 31.2. The van der Waals surface area contributed by atoms with Gasteiger partial charge < -0.3 is 29.5 Å². The minimum Gasteiger partial charge on any atom is -0.461 e. The highest BCUT2D eigenvalue weighted by Gasteiger charge is 2.49. The highest BCUT2D eigenvalue weighted by Crippen LogP contribution is 2.37. The molecule has 0 amide bonds. The second kappa shape index (κ2) is 12.4. The second-order valence-corrected chi connectivity index (χ2v) is 11.7. The van der Waals surface area contributed by atoms with Crippen LogP contribution in [0.4, 0.5) is 0 Å². The van der Waals surface area contributed by atoms with Crippen LogP contribution in [-0.2, 0) is 25.5 Å². The number of esters is 2. The summed E-state index contributed by atoms with van der Waals surface area (Å²) in [7, 11) is 0. The Balaban J connectivity index is 1.98.